The number of carbonyl (C=O) groups excluding carboxylic acids is 2. The van der Waals surface area contributed by atoms with Crippen LogP contribution < -0.4 is 5.73 Å². The summed E-state index contributed by atoms with van der Waals surface area (Å²) in [6.45, 7) is 0. The first-order valence-electron chi connectivity index (χ1n) is 4.49. The molecule has 0 saturated heterocycles. The second kappa shape index (κ2) is 6.03. The van der Waals surface area contributed by atoms with Crippen LogP contribution in [0.5, 0.6) is 0 Å². The van der Waals surface area contributed by atoms with Gasteiger partial charge in [0.05, 0.1) is 40.0 Å². The average Bonchev–Trinajstić information content (AvgIpc) is 2.35. The Balaban J connectivity index is 3.70. The number of rotatable bonds is 2. The SMILES string of the molecule is COC(=O)c1c(Br)c(N)c(Br)c(C(=O)OC)c1Br. The number of anilines is 1. The number of esters is 2. The highest BCUT2D eigenvalue weighted by atomic mass is 79.9. The first kappa shape index (κ1) is 15.5. The van der Waals surface area contributed by atoms with E-state index in [4.69, 9.17) is 5.73 Å². The van der Waals surface area contributed by atoms with Crippen molar-refractivity contribution in [3.8, 4) is 0 Å². The Bertz CT molecular complexity index is 487. The molecule has 0 fully saturated rings. The largest absolute Gasteiger partial charge is 0.465 e. The molecule has 5 nitrogen and oxygen atoms in total. The maximum atomic E-state index is 11.7. The van der Waals surface area contributed by atoms with E-state index < -0.39 is 11.9 Å². The fourth-order valence-electron chi connectivity index (χ4n) is 1.25. The van der Waals surface area contributed by atoms with Gasteiger partial charge in [0, 0.05) is 4.47 Å². The summed E-state index contributed by atoms with van der Waals surface area (Å²) in [5.74, 6) is -1.25. The van der Waals surface area contributed by atoms with E-state index in [1.54, 1.807) is 0 Å². The molecule has 8 heteroatoms. The van der Waals surface area contributed by atoms with Crippen molar-refractivity contribution in [2.45, 2.75) is 0 Å². The van der Waals surface area contributed by atoms with E-state index in [1.165, 1.54) is 14.2 Å². The number of halogens is 3. The molecule has 1 aromatic rings. The molecule has 0 bridgehead atoms. The standard InChI is InChI=1S/C10H8Br3NO4/c1-17-9(15)3-5(11)4(10(16)18-2)7(13)8(14)6(3)12/h14H2,1-2H3. The maximum Gasteiger partial charge on any atom is 0.340 e. The van der Waals surface area contributed by atoms with Gasteiger partial charge in [-0.2, -0.15) is 0 Å². The molecule has 0 heterocycles. The second-order valence-corrected chi connectivity index (χ2v) is 5.47. The number of ether oxygens (including phenoxy) is 2. The summed E-state index contributed by atoms with van der Waals surface area (Å²) >= 11 is 9.56. The minimum Gasteiger partial charge on any atom is -0.465 e. The van der Waals surface area contributed by atoms with Crippen molar-refractivity contribution in [3.63, 3.8) is 0 Å². The van der Waals surface area contributed by atoms with Crippen LogP contribution in [0.25, 0.3) is 0 Å². The Morgan fingerprint density at radius 1 is 0.889 bits per heavy atom. The Labute approximate surface area is 128 Å². The highest BCUT2D eigenvalue weighted by molar-refractivity contribution is 9.11. The summed E-state index contributed by atoms with van der Waals surface area (Å²) < 4.78 is 10.2. The summed E-state index contributed by atoms with van der Waals surface area (Å²) in [5, 5.41) is 0. The fourth-order valence-corrected chi connectivity index (χ4v) is 3.88. The van der Waals surface area contributed by atoms with Crippen molar-refractivity contribution in [3.05, 3.63) is 24.5 Å². The minimum absolute atomic E-state index is 0.124. The molecular weight excluding hydrogens is 438 g/mol. The Morgan fingerprint density at radius 3 is 1.50 bits per heavy atom. The average molecular weight is 446 g/mol. The lowest BCUT2D eigenvalue weighted by atomic mass is 10.1. The molecule has 0 radical (unpaired) electrons. The van der Waals surface area contributed by atoms with Gasteiger partial charge in [-0.15, -0.1) is 0 Å². The molecular formula is C10H8Br3NO4. The molecule has 0 spiro atoms. The van der Waals surface area contributed by atoms with Crippen LogP contribution in [0.3, 0.4) is 0 Å². The van der Waals surface area contributed by atoms with Crippen LogP contribution in [0.4, 0.5) is 5.69 Å². The van der Waals surface area contributed by atoms with E-state index in [1.807, 2.05) is 0 Å². The van der Waals surface area contributed by atoms with Crippen LogP contribution in [0.15, 0.2) is 13.4 Å². The minimum atomic E-state index is -0.627. The van der Waals surface area contributed by atoms with E-state index in [0.29, 0.717) is 8.95 Å². The number of benzene rings is 1. The van der Waals surface area contributed by atoms with Crippen LogP contribution in [0, 0.1) is 0 Å². The molecule has 0 aliphatic rings. The van der Waals surface area contributed by atoms with Crippen LogP contribution in [-0.4, -0.2) is 26.2 Å². The summed E-state index contributed by atoms with van der Waals surface area (Å²) in [5.41, 5.74) is 6.26. The first-order valence-corrected chi connectivity index (χ1v) is 6.87. The summed E-state index contributed by atoms with van der Waals surface area (Å²) in [6, 6.07) is 0. The van der Waals surface area contributed by atoms with Crippen molar-refractivity contribution >= 4 is 65.4 Å². The fraction of sp³-hybridized carbons (Fsp3) is 0.200. The molecule has 2 N–H and O–H groups in total. The van der Waals surface area contributed by atoms with Crippen molar-refractivity contribution in [1.29, 1.82) is 0 Å². The summed E-state index contributed by atoms with van der Waals surface area (Å²) in [7, 11) is 2.47. The quantitative estimate of drug-likeness (QED) is 0.559. The van der Waals surface area contributed by atoms with Crippen molar-refractivity contribution in [2.24, 2.45) is 0 Å². The van der Waals surface area contributed by atoms with Crippen molar-refractivity contribution in [1.82, 2.24) is 0 Å². The number of hydrogen-bond acceptors (Lipinski definition) is 5. The third-order valence-electron chi connectivity index (χ3n) is 2.13. The zero-order valence-corrected chi connectivity index (χ0v) is 14.1. The van der Waals surface area contributed by atoms with Gasteiger partial charge < -0.3 is 15.2 Å². The zero-order chi connectivity index (χ0) is 14.0. The van der Waals surface area contributed by atoms with Crippen LogP contribution >= 0.6 is 47.8 Å². The van der Waals surface area contributed by atoms with Crippen LogP contribution in [-0.2, 0) is 9.47 Å². The first-order chi connectivity index (χ1) is 8.36. The number of methoxy groups -OCH3 is 2. The smallest absolute Gasteiger partial charge is 0.340 e. The molecule has 0 amide bonds. The van der Waals surface area contributed by atoms with Crippen molar-refractivity contribution in [2.75, 3.05) is 20.0 Å². The van der Waals surface area contributed by atoms with Gasteiger partial charge in [0.15, 0.2) is 0 Å². The monoisotopic (exact) mass is 443 g/mol. The van der Waals surface area contributed by atoms with Gasteiger partial charge >= 0.3 is 11.9 Å². The molecule has 0 unspecified atom stereocenters. The highest BCUT2D eigenvalue weighted by Crippen LogP contribution is 2.41. The van der Waals surface area contributed by atoms with E-state index in [0.717, 1.165) is 0 Å². The number of hydrogen-bond donors (Lipinski definition) is 1. The normalized spacial score (nSPS) is 10.1. The molecule has 0 saturated carbocycles. The zero-order valence-electron chi connectivity index (χ0n) is 9.34. The Morgan fingerprint density at radius 2 is 1.22 bits per heavy atom. The summed E-state index contributed by atoms with van der Waals surface area (Å²) in [4.78, 5) is 23.4. The lowest BCUT2D eigenvalue weighted by Crippen LogP contribution is -2.12. The van der Waals surface area contributed by atoms with E-state index in [9.17, 15) is 9.59 Å². The van der Waals surface area contributed by atoms with Gasteiger partial charge in [-0.1, -0.05) is 0 Å². The number of carbonyl (C=O) groups is 2. The third kappa shape index (κ3) is 2.55. The lowest BCUT2D eigenvalue weighted by Gasteiger charge is -2.14. The maximum absolute atomic E-state index is 11.7. The van der Waals surface area contributed by atoms with Gasteiger partial charge in [0.1, 0.15) is 0 Å². The van der Waals surface area contributed by atoms with Gasteiger partial charge in [-0.25, -0.2) is 9.59 Å². The molecule has 0 aliphatic heterocycles. The lowest BCUT2D eigenvalue weighted by molar-refractivity contribution is 0.0596. The topological polar surface area (TPSA) is 78.6 Å². The van der Waals surface area contributed by atoms with Crippen molar-refractivity contribution < 1.29 is 19.1 Å². The molecule has 1 aromatic carbocycles. The molecule has 1 rings (SSSR count). The predicted octanol–water partition coefficient (Wildman–Crippen LogP) is 3.13. The highest BCUT2D eigenvalue weighted by Gasteiger charge is 2.27. The Hall–Kier alpha value is -0.600. The van der Waals surface area contributed by atoms with Crippen LogP contribution in [0.1, 0.15) is 20.7 Å². The molecule has 18 heavy (non-hydrogen) atoms. The van der Waals surface area contributed by atoms with E-state index in [2.05, 4.69) is 57.3 Å². The predicted molar refractivity (Wildman–Crippen MR) is 76.6 cm³/mol. The number of nitrogens with two attached hydrogens (primary N) is 1. The summed E-state index contributed by atoms with van der Waals surface area (Å²) in [6.07, 6.45) is 0. The molecule has 0 aromatic heterocycles. The number of nitrogen functional groups attached to an aromatic ring is 1. The molecule has 98 valence electrons. The van der Waals surface area contributed by atoms with Gasteiger partial charge in [0.2, 0.25) is 0 Å². The Kier molecular flexibility index (Phi) is 5.18. The second-order valence-electron chi connectivity index (χ2n) is 3.09. The third-order valence-corrected chi connectivity index (χ3v) is 4.57. The molecule has 0 atom stereocenters. The molecule has 0 aliphatic carbocycles. The van der Waals surface area contributed by atoms with Crippen LogP contribution in [0.2, 0.25) is 0 Å². The van der Waals surface area contributed by atoms with Gasteiger partial charge in [-0.05, 0) is 47.8 Å². The van der Waals surface area contributed by atoms with Gasteiger partial charge in [-0.3, -0.25) is 0 Å². The van der Waals surface area contributed by atoms with E-state index in [-0.39, 0.29) is 21.3 Å². The van der Waals surface area contributed by atoms with Gasteiger partial charge in [0.25, 0.3) is 0 Å². The van der Waals surface area contributed by atoms with E-state index >= 15 is 0 Å².